The zero-order valence-electron chi connectivity index (χ0n) is 20.4. The van der Waals surface area contributed by atoms with Gasteiger partial charge in [0.15, 0.2) is 17.3 Å². The minimum absolute atomic E-state index is 0.0615. The summed E-state index contributed by atoms with van der Waals surface area (Å²) >= 11 is 0. The normalized spacial score (nSPS) is 15.7. The number of nitrogen functional groups attached to an aromatic ring is 1. The Hall–Kier alpha value is -4.28. The van der Waals surface area contributed by atoms with Crippen LogP contribution in [0.1, 0.15) is 19.8 Å². The number of aromatic nitrogens is 4. The number of carbonyl (C=O) groups excluding carboxylic acids is 1. The van der Waals surface area contributed by atoms with Gasteiger partial charge in [0.1, 0.15) is 11.6 Å². The van der Waals surface area contributed by atoms with Gasteiger partial charge in [-0.05, 0) is 56.2 Å². The molecule has 0 amide bonds. The van der Waals surface area contributed by atoms with Crippen molar-refractivity contribution < 1.29 is 23.0 Å². The Kier molecular flexibility index (Phi) is 6.60. The Morgan fingerprint density at radius 3 is 2.68 bits per heavy atom. The van der Waals surface area contributed by atoms with E-state index in [1.165, 1.54) is 16.8 Å². The third kappa shape index (κ3) is 4.52. The van der Waals surface area contributed by atoms with Crippen molar-refractivity contribution in [3.63, 3.8) is 0 Å². The quantitative estimate of drug-likeness (QED) is 0.388. The van der Waals surface area contributed by atoms with Gasteiger partial charge in [0.2, 0.25) is 5.95 Å². The number of esters is 1. The third-order valence-electron chi connectivity index (χ3n) is 6.41. The second-order valence-electron chi connectivity index (χ2n) is 8.70. The molecule has 0 saturated carbocycles. The molecule has 5 rings (SSSR count). The number of carbonyl (C=O) groups is 1. The summed E-state index contributed by atoms with van der Waals surface area (Å²) < 4.78 is 41.1. The van der Waals surface area contributed by atoms with Gasteiger partial charge in [-0.2, -0.15) is 4.98 Å². The maximum absolute atomic E-state index is 15.0. The minimum atomic E-state index is -1.05. The van der Waals surface area contributed by atoms with Crippen LogP contribution in [0.2, 0.25) is 0 Å². The number of nitrogens with zero attached hydrogens (tertiary/aromatic N) is 5. The van der Waals surface area contributed by atoms with E-state index in [2.05, 4.69) is 15.1 Å². The van der Waals surface area contributed by atoms with Gasteiger partial charge in [-0.15, -0.1) is 5.10 Å². The first-order chi connectivity index (χ1) is 17.9. The molecule has 11 heteroatoms. The number of methoxy groups -OCH3 is 1. The molecule has 0 radical (unpaired) electrons. The molecule has 192 valence electrons. The molecule has 1 aliphatic heterocycles. The molecular formula is C26H26F2N6O3. The van der Waals surface area contributed by atoms with Gasteiger partial charge < -0.3 is 20.1 Å². The van der Waals surface area contributed by atoms with E-state index in [0.29, 0.717) is 42.9 Å². The molecule has 2 N–H and O–H groups in total. The van der Waals surface area contributed by atoms with Crippen molar-refractivity contribution >= 4 is 28.8 Å². The van der Waals surface area contributed by atoms with E-state index in [1.807, 2.05) is 4.90 Å². The summed E-state index contributed by atoms with van der Waals surface area (Å²) in [7, 11) is 1.57. The summed E-state index contributed by atoms with van der Waals surface area (Å²) in [5, 5.41) is 4.88. The van der Waals surface area contributed by atoms with Crippen molar-refractivity contribution in [2.45, 2.75) is 19.8 Å². The van der Waals surface area contributed by atoms with Gasteiger partial charge >= 0.3 is 5.97 Å². The maximum Gasteiger partial charge on any atom is 0.310 e. The molecule has 0 spiro atoms. The van der Waals surface area contributed by atoms with Crippen molar-refractivity contribution in [1.82, 2.24) is 19.7 Å². The van der Waals surface area contributed by atoms with Crippen LogP contribution in [-0.2, 0) is 9.53 Å². The molecule has 4 aromatic rings. The molecule has 2 aromatic carbocycles. The van der Waals surface area contributed by atoms with Gasteiger partial charge in [-0.1, -0.05) is 6.07 Å². The Morgan fingerprint density at radius 2 is 1.95 bits per heavy atom. The fourth-order valence-electron chi connectivity index (χ4n) is 4.55. The minimum Gasteiger partial charge on any atom is -0.497 e. The van der Waals surface area contributed by atoms with Crippen LogP contribution in [-0.4, -0.2) is 52.5 Å². The first kappa shape index (κ1) is 24.4. The summed E-state index contributed by atoms with van der Waals surface area (Å²) in [6.45, 7) is 2.98. The van der Waals surface area contributed by atoms with E-state index in [0.717, 1.165) is 12.5 Å². The summed E-state index contributed by atoms with van der Waals surface area (Å²) in [5.41, 5.74) is 7.39. The number of hydrogen-bond donors (Lipinski definition) is 1. The maximum atomic E-state index is 15.0. The Labute approximate surface area is 211 Å². The van der Waals surface area contributed by atoms with Gasteiger partial charge in [-0.3, -0.25) is 4.79 Å². The standard InChI is InChI=1S/C26H26F2N6O3/c1-3-37-25(35)15-6-5-13-33(14-15)26-30-22(18-7-4-8-19(27)21(18)28)20-23(29)34(32-24(20)31-26)16-9-11-17(36-2)12-10-16/h4,7-12,15H,3,5-6,13-14,29H2,1-2H3. The highest BCUT2D eigenvalue weighted by molar-refractivity contribution is 5.99. The van der Waals surface area contributed by atoms with Crippen molar-refractivity contribution in [2.75, 3.05) is 37.4 Å². The molecule has 3 heterocycles. The first-order valence-electron chi connectivity index (χ1n) is 12.0. The van der Waals surface area contributed by atoms with E-state index < -0.39 is 11.6 Å². The number of rotatable bonds is 6. The summed E-state index contributed by atoms with van der Waals surface area (Å²) in [6.07, 6.45) is 1.40. The number of ether oxygens (including phenoxy) is 2. The molecule has 1 fully saturated rings. The number of fused-ring (bicyclic) bond motifs is 1. The number of anilines is 2. The largest absolute Gasteiger partial charge is 0.497 e. The lowest BCUT2D eigenvalue weighted by molar-refractivity contribution is -0.148. The predicted molar refractivity (Wildman–Crippen MR) is 135 cm³/mol. The lowest BCUT2D eigenvalue weighted by Gasteiger charge is -2.31. The van der Waals surface area contributed by atoms with E-state index >= 15 is 0 Å². The second kappa shape index (κ2) is 10.00. The molecule has 37 heavy (non-hydrogen) atoms. The molecule has 1 unspecified atom stereocenters. The molecule has 9 nitrogen and oxygen atoms in total. The molecule has 1 saturated heterocycles. The van der Waals surface area contributed by atoms with Crippen LogP contribution >= 0.6 is 0 Å². The summed E-state index contributed by atoms with van der Waals surface area (Å²) in [5.74, 6) is -1.60. The Bertz CT molecular complexity index is 1460. The second-order valence-corrected chi connectivity index (χ2v) is 8.70. The van der Waals surface area contributed by atoms with E-state index in [9.17, 15) is 13.6 Å². The van der Waals surface area contributed by atoms with E-state index in [1.54, 1.807) is 38.3 Å². The van der Waals surface area contributed by atoms with Crippen molar-refractivity contribution in [1.29, 1.82) is 0 Å². The molecule has 1 aliphatic rings. The molecule has 2 aromatic heterocycles. The first-order valence-corrected chi connectivity index (χ1v) is 12.0. The molecule has 0 bridgehead atoms. The zero-order valence-corrected chi connectivity index (χ0v) is 20.4. The van der Waals surface area contributed by atoms with Crippen LogP contribution in [0.4, 0.5) is 20.5 Å². The highest BCUT2D eigenvalue weighted by Gasteiger charge is 2.30. The molecule has 0 aliphatic carbocycles. The van der Waals surface area contributed by atoms with Gasteiger partial charge in [0.05, 0.1) is 36.4 Å². The van der Waals surface area contributed by atoms with Crippen LogP contribution in [0, 0.1) is 17.6 Å². The van der Waals surface area contributed by atoms with E-state index in [-0.39, 0.29) is 40.6 Å². The van der Waals surface area contributed by atoms with Crippen molar-refractivity contribution in [3.05, 3.63) is 54.1 Å². The summed E-state index contributed by atoms with van der Waals surface area (Å²) in [4.78, 5) is 23.5. The average Bonchev–Trinajstić information content (AvgIpc) is 3.26. The Balaban J connectivity index is 1.66. The molecule has 1 atom stereocenters. The smallest absolute Gasteiger partial charge is 0.310 e. The van der Waals surface area contributed by atoms with Crippen molar-refractivity contribution in [2.24, 2.45) is 5.92 Å². The lowest BCUT2D eigenvalue weighted by Crippen LogP contribution is -2.40. The lowest BCUT2D eigenvalue weighted by atomic mass is 9.98. The SMILES string of the molecule is CCOC(=O)C1CCCN(c2nc(-c3cccc(F)c3F)c3c(N)n(-c4ccc(OC)cc4)nc3n2)C1. The molecular weight excluding hydrogens is 482 g/mol. The zero-order chi connectivity index (χ0) is 26.1. The van der Waals surface area contributed by atoms with Crippen molar-refractivity contribution in [3.8, 4) is 22.7 Å². The predicted octanol–water partition coefficient (Wildman–Crippen LogP) is 4.13. The number of nitrogens with two attached hydrogens (primary N) is 1. The van der Waals surface area contributed by atoms with Crippen LogP contribution in [0.5, 0.6) is 5.75 Å². The highest BCUT2D eigenvalue weighted by atomic mass is 19.2. The number of benzene rings is 2. The van der Waals surface area contributed by atoms with Crippen LogP contribution in [0.25, 0.3) is 28.0 Å². The monoisotopic (exact) mass is 508 g/mol. The van der Waals surface area contributed by atoms with Crippen LogP contribution in [0.15, 0.2) is 42.5 Å². The summed E-state index contributed by atoms with van der Waals surface area (Å²) in [6, 6.07) is 10.9. The third-order valence-corrected chi connectivity index (χ3v) is 6.41. The topological polar surface area (TPSA) is 108 Å². The van der Waals surface area contributed by atoms with Gasteiger partial charge in [-0.25, -0.2) is 18.4 Å². The highest BCUT2D eigenvalue weighted by Crippen LogP contribution is 2.36. The van der Waals surface area contributed by atoms with Crippen LogP contribution in [0.3, 0.4) is 0 Å². The average molecular weight is 509 g/mol. The van der Waals surface area contributed by atoms with Gasteiger partial charge in [0, 0.05) is 18.7 Å². The fourth-order valence-corrected chi connectivity index (χ4v) is 4.55. The Morgan fingerprint density at radius 1 is 1.16 bits per heavy atom. The fraction of sp³-hybridized carbons (Fsp3) is 0.308. The number of halogens is 2. The number of hydrogen-bond acceptors (Lipinski definition) is 8. The number of piperidine rings is 1. The van der Waals surface area contributed by atoms with Gasteiger partial charge in [0.25, 0.3) is 0 Å². The van der Waals surface area contributed by atoms with Crippen LogP contribution < -0.4 is 15.4 Å². The van der Waals surface area contributed by atoms with E-state index in [4.69, 9.17) is 15.2 Å².